The van der Waals surface area contributed by atoms with Crippen molar-refractivity contribution in [3.8, 4) is 0 Å². The fraction of sp³-hybridized carbons (Fsp3) is 0.562. The van der Waals surface area contributed by atoms with Gasteiger partial charge in [-0.2, -0.15) is 0 Å². The highest BCUT2D eigenvalue weighted by Gasteiger charge is 2.46. The summed E-state index contributed by atoms with van der Waals surface area (Å²) in [5.74, 6) is -1.97. The summed E-state index contributed by atoms with van der Waals surface area (Å²) in [4.78, 5) is 55.2. The molecule has 0 radical (unpaired) electrons. The number of carbonyl (C=O) groups is 4. The first-order chi connectivity index (χ1) is 19.1. The molecule has 10 heteroatoms. The van der Waals surface area contributed by atoms with E-state index < -0.39 is 46.5 Å². The molecule has 2 N–H and O–H groups in total. The third-order valence-electron chi connectivity index (χ3n) is 7.38. The number of ether oxygens (including phenoxy) is 1. The van der Waals surface area contributed by atoms with Crippen LogP contribution in [0.3, 0.4) is 0 Å². The molecule has 0 aliphatic carbocycles. The molecule has 3 amide bonds. The number of carbonyl (C=O) groups excluding carboxylic acids is 3. The Kier molecular flexibility index (Phi) is 10.3. The quantitative estimate of drug-likeness (QED) is 0.412. The number of fused-ring (bicyclic) bond motifs is 1. The first kappa shape index (κ1) is 34.4. The maximum atomic E-state index is 14.3. The minimum atomic E-state index is -1.07. The van der Waals surface area contributed by atoms with Gasteiger partial charge in [0.25, 0.3) is 0 Å². The number of likely N-dealkylation sites (N-methyl/N-ethyl adjacent to an activating group) is 2. The Hall–Kier alpha value is -3.82. The van der Waals surface area contributed by atoms with E-state index in [0.29, 0.717) is 0 Å². The van der Waals surface area contributed by atoms with Crippen LogP contribution in [0.25, 0.3) is 10.9 Å². The molecule has 1 heterocycles. The average Bonchev–Trinajstić information content (AvgIpc) is 3.20. The fourth-order valence-electron chi connectivity index (χ4n) is 4.97. The highest BCUT2D eigenvalue weighted by atomic mass is 16.6. The Morgan fingerprint density at radius 2 is 1.60 bits per heavy atom. The predicted molar refractivity (Wildman–Crippen MR) is 164 cm³/mol. The van der Waals surface area contributed by atoms with Crippen molar-refractivity contribution < 1.29 is 29.0 Å². The number of aryl methyl sites for hydroxylation is 1. The molecule has 0 aliphatic rings. The van der Waals surface area contributed by atoms with Gasteiger partial charge in [0, 0.05) is 55.8 Å². The molecule has 0 fully saturated rings. The van der Waals surface area contributed by atoms with E-state index in [0.717, 1.165) is 16.5 Å². The van der Waals surface area contributed by atoms with Gasteiger partial charge < -0.3 is 24.6 Å². The van der Waals surface area contributed by atoms with Crippen molar-refractivity contribution in [3.63, 3.8) is 0 Å². The highest BCUT2D eigenvalue weighted by Crippen LogP contribution is 2.37. The summed E-state index contributed by atoms with van der Waals surface area (Å²) in [6, 6.07) is 5.82. The summed E-state index contributed by atoms with van der Waals surface area (Å²) < 4.78 is 7.64. The van der Waals surface area contributed by atoms with E-state index >= 15 is 0 Å². The van der Waals surface area contributed by atoms with Crippen LogP contribution in [0.4, 0.5) is 4.79 Å². The third-order valence-corrected chi connectivity index (χ3v) is 7.38. The van der Waals surface area contributed by atoms with Gasteiger partial charge in [0.05, 0.1) is 0 Å². The molecule has 0 unspecified atom stereocenters. The molecule has 232 valence electrons. The highest BCUT2D eigenvalue weighted by molar-refractivity contribution is 5.94. The smallest absolute Gasteiger partial charge is 0.410 e. The molecule has 42 heavy (non-hydrogen) atoms. The summed E-state index contributed by atoms with van der Waals surface area (Å²) in [7, 11) is 5.02. The van der Waals surface area contributed by atoms with Gasteiger partial charge in [0.15, 0.2) is 0 Å². The normalized spacial score (nSPS) is 14.2. The monoisotopic (exact) mass is 584 g/mol. The molecular weight excluding hydrogens is 536 g/mol. The molecule has 0 spiro atoms. The Morgan fingerprint density at radius 1 is 1.02 bits per heavy atom. The molecule has 0 bridgehead atoms. The van der Waals surface area contributed by atoms with E-state index in [2.05, 4.69) is 5.32 Å². The maximum Gasteiger partial charge on any atom is 0.410 e. The molecule has 0 saturated carbocycles. The number of para-hydroxylation sites is 1. The average molecular weight is 585 g/mol. The lowest BCUT2D eigenvalue weighted by atomic mass is 9.76. The van der Waals surface area contributed by atoms with Gasteiger partial charge in [-0.25, -0.2) is 9.59 Å². The van der Waals surface area contributed by atoms with Crippen LogP contribution in [-0.2, 0) is 31.6 Å². The number of carboxylic acid groups (broad SMARTS) is 1. The summed E-state index contributed by atoms with van der Waals surface area (Å²) >= 11 is 0. The molecular formula is C32H48N4O6. The Balaban J connectivity index is 2.59. The zero-order chi connectivity index (χ0) is 32.4. The van der Waals surface area contributed by atoms with Crippen molar-refractivity contribution in [3.05, 3.63) is 47.7 Å². The van der Waals surface area contributed by atoms with E-state index in [9.17, 15) is 24.3 Å². The standard InChI is InChI=1S/C32H48N4O6/c1-20(28(39)40)17-18-34(10)27(38)24(30(2,3)4)33-26(37)25(36(12)29(41)42-31(5,6)7)32(8,9)22-19-35(11)23-16-14-13-15-21(22)23/h13-17,19,24-25H,18H2,1-12H3,(H,33,37)(H,39,40)/b20-17+/t24-,25-/m1/s1. The minimum Gasteiger partial charge on any atom is -0.478 e. The van der Waals surface area contributed by atoms with Crippen molar-refractivity contribution in [2.24, 2.45) is 12.5 Å². The van der Waals surface area contributed by atoms with Crippen molar-refractivity contribution in [1.82, 2.24) is 19.7 Å². The summed E-state index contributed by atoms with van der Waals surface area (Å²) in [5.41, 5.74) is -0.457. The van der Waals surface area contributed by atoms with Gasteiger partial charge >= 0.3 is 12.1 Å². The molecule has 0 saturated heterocycles. The lowest BCUT2D eigenvalue weighted by Crippen LogP contribution is -2.62. The van der Waals surface area contributed by atoms with Crippen LogP contribution in [0, 0.1) is 5.41 Å². The zero-order valence-electron chi connectivity index (χ0n) is 27.2. The molecule has 2 rings (SSSR count). The van der Waals surface area contributed by atoms with Crippen LogP contribution < -0.4 is 5.32 Å². The summed E-state index contributed by atoms with van der Waals surface area (Å²) in [6.45, 7) is 16.1. The number of rotatable bonds is 9. The van der Waals surface area contributed by atoms with Crippen molar-refractivity contribution in [1.29, 1.82) is 0 Å². The Labute approximate surface area is 249 Å². The second kappa shape index (κ2) is 12.6. The number of hydrogen-bond acceptors (Lipinski definition) is 5. The molecule has 2 atom stereocenters. The Morgan fingerprint density at radius 3 is 2.12 bits per heavy atom. The van der Waals surface area contributed by atoms with Crippen LogP contribution in [-0.4, -0.2) is 81.7 Å². The lowest BCUT2D eigenvalue weighted by Gasteiger charge is -2.41. The number of benzene rings is 1. The number of hydrogen-bond donors (Lipinski definition) is 2. The molecule has 0 aliphatic heterocycles. The molecule has 1 aromatic heterocycles. The summed E-state index contributed by atoms with van der Waals surface area (Å²) in [5, 5.41) is 13.1. The van der Waals surface area contributed by atoms with E-state index in [1.54, 1.807) is 27.8 Å². The number of carboxylic acids is 1. The second-order valence-corrected chi connectivity index (χ2v) is 13.6. The van der Waals surface area contributed by atoms with Gasteiger partial charge in [0.2, 0.25) is 11.8 Å². The van der Waals surface area contributed by atoms with Crippen LogP contribution in [0.1, 0.15) is 67.9 Å². The van der Waals surface area contributed by atoms with Crippen molar-refractivity contribution in [2.45, 2.75) is 85.4 Å². The second-order valence-electron chi connectivity index (χ2n) is 13.6. The van der Waals surface area contributed by atoms with E-state index in [1.165, 1.54) is 29.8 Å². The van der Waals surface area contributed by atoms with E-state index in [4.69, 9.17) is 4.74 Å². The van der Waals surface area contributed by atoms with E-state index in [1.807, 2.05) is 76.7 Å². The SMILES string of the molecule is C/C(=C\CN(C)C(=O)[C@@H](NC(=O)[C@@H](N(C)C(=O)OC(C)(C)C)C(C)(C)c1cn(C)c2ccccc12)C(C)(C)C)C(=O)O. The van der Waals surface area contributed by atoms with Gasteiger partial charge in [-0.05, 0) is 44.7 Å². The van der Waals surface area contributed by atoms with Gasteiger partial charge in [-0.15, -0.1) is 0 Å². The predicted octanol–water partition coefficient (Wildman–Crippen LogP) is 4.71. The molecule has 2 aromatic rings. The van der Waals surface area contributed by atoms with Crippen LogP contribution in [0.5, 0.6) is 0 Å². The number of nitrogens with zero attached hydrogens (tertiary/aromatic N) is 3. The Bertz CT molecular complexity index is 1360. The van der Waals surface area contributed by atoms with Gasteiger partial charge in [0.1, 0.15) is 17.7 Å². The number of aliphatic carboxylic acids is 1. The lowest BCUT2D eigenvalue weighted by molar-refractivity contribution is -0.140. The van der Waals surface area contributed by atoms with Crippen LogP contribution in [0.2, 0.25) is 0 Å². The third kappa shape index (κ3) is 7.92. The molecule has 10 nitrogen and oxygen atoms in total. The molecule has 1 aromatic carbocycles. The maximum absolute atomic E-state index is 14.3. The first-order valence-electron chi connectivity index (χ1n) is 14.0. The van der Waals surface area contributed by atoms with Gasteiger partial charge in [-0.1, -0.05) is 58.9 Å². The minimum absolute atomic E-state index is 0.0577. The topological polar surface area (TPSA) is 121 Å². The number of nitrogens with one attached hydrogen (secondary N) is 1. The number of aromatic nitrogens is 1. The fourth-order valence-corrected chi connectivity index (χ4v) is 4.97. The summed E-state index contributed by atoms with van der Waals surface area (Å²) in [6.07, 6.45) is 2.75. The van der Waals surface area contributed by atoms with Crippen LogP contribution >= 0.6 is 0 Å². The first-order valence-corrected chi connectivity index (χ1v) is 14.0. The van der Waals surface area contributed by atoms with Crippen LogP contribution in [0.15, 0.2) is 42.1 Å². The van der Waals surface area contributed by atoms with E-state index in [-0.39, 0.29) is 18.0 Å². The number of amides is 3. The van der Waals surface area contributed by atoms with Crippen molar-refractivity contribution in [2.75, 3.05) is 20.6 Å². The van der Waals surface area contributed by atoms with Gasteiger partial charge in [-0.3, -0.25) is 14.5 Å². The largest absolute Gasteiger partial charge is 0.478 e. The van der Waals surface area contributed by atoms with Crippen molar-refractivity contribution >= 4 is 34.8 Å². The zero-order valence-corrected chi connectivity index (χ0v) is 27.2.